The maximum absolute atomic E-state index is 9.54. The Balaban J connectivity index is -0.0000000638. The minimum absolute atomic E-state index is 0.250. The Morgan fingerprint density at radius 3 is 1.60 bits per heavy atom. The number of carbonyl (C=O) groups is 2. The lowest BCUT2D eigenvalue weighted by Gasteiger charge is -1.85. The van der Waals surface area contributed by atoms with Crippen molar-refractivity contribution in [2.75, 3.05) is 13.2 Å². The Morgan fingerprint density at radius 2 is 1.53 bits per heavy atom. The van der Waals surface area contributed by atoms with Crippen LogP contribution < -0.4 is 5.32 Å². The third-order valence-corrected chi connectivity index (χ3v) is 0.337. The van der Waals surface area contributed by atoms with Gasteiger partial charge in [-0.2, -0.15) is 0 Å². The monoisotopic (exact) mass is 223 g/mol. The van der Waals surface area contributed by atoms with Crippen LogP contribution in [0.5, 0.6) is 0 Å². The van der Waals surface area contributed by atoms with Gasteiger partial charge >= 0.3 is 5.97 Å². The van der Waals surface area contributed by atoms with E-state index in [1.54, 1.807) is 6.92 Å². The maximum atomic E-state index is 9.54. The highest BCUT2D eigenvalue weighted by Crippen LogP contribution is 1.56. The molecule has 0 spiro atoms. The van der Waals surface area contributed by atoms with Crippen molar-refractivity contribution >= 4 is 12.4 Å². The highest BCUT2D eigenvalue weighted by molar-refractivity contribution is 5.71. The normalized spacial score (nSPS) is 6.27. The summed E-state index contributed by atoms with van der Waals surface area (Å²) in [6.45, 7) is 9.88. The first-order chi connectivity index (χ1) is 7.10. The number of rotatable bonds is 3. The second-order valence-corrected chi connectivity index (χ2v) is 1.92. The van der Waals surface area contributed by atoms with Crippen LogP contribution in [0.1, 0.15) is 41.0 Å². The summed E-state index contributed by atoms with van der Waals surface area (Å²) in [5.74, 6) is -1.04. The molecule has 3 N–H and O–H groups in total. The summed E-state index contributed by atoms with van der Waals surface area (Å²) < 4.78 is 0. The summed E-state index contributed by atoms with van der Waals surface area (Å²) in [7, 11) is 0. The van der Waals surface area contributed by atoms with Gasteiger partial charge in [-0.3, -0.25) is 9.59 Å². The van der Waals surface area contributed by atoms with Crippen molar-refractivity contribution < 1.29 is 19.8 Å². The van der Waals surface area contributed by atoms with Crippen LogP contribution in [-0.4, -0.2) is 35.7 Å². The van der Waals surface area contributed by atoms with Crippen LogP contribution >= 0.6 is 0 Å². The predicted octanol–water partition coefficient (Wildman–Crippen LogP) is 1.26. The van der Waals surface area contributed by atoms with Crippen molar-refractivity contribution in [3.63, 3.8) is 0 Å². The van der Waals surface area contributed by atoms with Crippen molar-refractivity contribution in [1.29, 1.82) is 0 Å². The average Bonchev–Trinajstić information content (AvgIpc) is 2.20. The van der Waals surface area contributed by atoms with E-state index in [1.165, 1.54) is 6.42 Å². The lowest BCUT2D eigenvalue weighted by Crippen LogP contribution is -2.20. The molecule has 94 valence electrons. The van der Waals surface area contributed by atoms with Crippen LogP contribution in [0, 0.1) is 0 Å². The standard InChI is InChI=1S/C3H5NO3.C3H8.C2H6O.C2H6/c5-2-4-1-3(6)7;1-3-2;1-2-3;1-2/h2H,1H2,(H,4,5)(H,6,7);3H2,1-2H3;3H,2H2,1H3;1-2H3. The van der Waals surface area contributed by atoms with Crippen LogP contribution in [0.15, 0.2) is 0 Å². The van der Waals surface area contributed by atoms with E-state index in [4.69, 9.17) is 10.2 Å². The average molecular weight is 223 g/mol. The summed E-state index contributed by atoms with van der Waals surface area (Å²) in [4.78, 5) is 18.9. The second-order valence-electron chi connectivity index (χ2n) is 1.92. The molecule has 0 saturated heterocycles. The number of amides is 1. The fraction of sp³-hybridized carbons (Fsp3) is 0.800. The van der Waals surface area contributed by atoms with E-state index >= 15 is 0 Å². The van der Waals surface area contributed by atoms with Crippen LogP contribution in [-0.2, 0) is 9.59 Å². The Labute approximate surface area is 92.5 Å². The molecule has 0 aliphatic heterocycles. The summed E-state index contributed by atoms with van der Waals surface area (Å²) in [5.41, 5.74) is 0. The minimum atomic E-state index is -1.04. The number of carbonyl (C=O) groups excluding carboxylic acids is 1. The van der Waals surface area contributed by atoms with E-state index in [0.717, 1.165) is 0 Å². The Hall–Kier alpha value is -1.10. The molecule has 0 saturated carbocycles. The van der Waals surface area contributed by atoms with Gasteiger partial charge in [-0.1, -0.05) is 34.1 Å². The van der Waals surface area contributed by atoms with Crippen LogP contribution in [0.4, 0.5) is 0 Å². The van der Waals surface area contributed by atoms with E-state index in [-0.39, 0.29) is 13.2 Å². The number of aliphatic carboxylic acids is 1. The summed E-state index contributed by atoms with van der Waals surface area (Å²) in [5, 5.41) is 17.4. The number of nitrogens with one attached hydrogen (secondary N) is 1. The van der Waals surface area contributed by atoms with Gasteiger partial charge in [-0.25, -0.2) is 0 Å². The fourth-order valence-corrected chi connectivity index (χ4v) is 0.129. The quantitative estimate of drug-likeness (QED) is 0.629. The molecule has 0 aliphatic rings. The highest BCUT2D eigenvalue weighted by Gasteiger charge is 1.88. The first kappa shape index (κ1) is 23.6. The van der Waals surface area contributed by atoms with E-state index in [9.17, 15) is 9.59 Å². The molecule has 0 fully saturated rings. The van der Waals surface area contributed by atoms with Gasteiger partial charge < -0.3 is 15.5 Å². The zero-order valence-electron chi connectivity index (χ0n) is 10.4. The Kier molecular flexibility index (Phi) is 60.4. The topological polar surface area (TPSA) is 86.6 Å². The minimum Gasteiger partial charge on any atom is -0.480 e. The molecule has 5 nitrogen and oxygen atoms in total. The highest BCUT2D eigenvalue weighted by atomic mass is 16.4. The van der Waals surface area contributed by atoms with Gasteiger partial charge in [0.15, 0.2) is 0 Å². The van der Waals surface area contributed by atoms with Gasteiger partial charge in [0.25, 0.3) is 0 Å². The SMILES string of the molecule is CC.CCC.CCO.O=CNCC(=O)O. The molecule has 5 heteroatoms. The van der Waals surface area contributed by atoms with Crippen molar-refractivity contribution in [2.45, 2.75) is 41.0 Å². The van der Waals surface area contributed by atoms with Gasteiger partial charge in [0, 0.05) is 6.61 Å². The number of carboxylic acid groups (broad SMARTS) is 1. The summed E-state index contributed by atoms with van der Waals surface area (Å²) in [6, 6.07) is 0. The van der Waals surface area contributed by atoms with Gasteiger partial charge in [-0.15, -0.1) is 0 Å². The Bertz CT molecular complexity index is 106. The van der Waals surface area contributed by atoms with Gasteiger partial charge in [0.05, 0.1) is 0 Å². The summed E-state index contributed by atoms with van der Waals surface area (Å²) in [6.07, 6.45) is 1.59. The van der Waals surface area contributed by atoms with Crippen molar-refractivity contribution in [3.05, 3.63) is 0 Å². The maximum Gasteiger partial charge on any atom is 0.322 e. The molecule has 0 aliphatic carbocycles. The fourth-order valence-electron chi connectivity index (χ4n) is 0.129. The zero-order valence-corrected chi connectivity index (χ0v) is 10.4. The lowest BCUT2D eigenvalue weighted by atomic mass is 10.6. The molecular formula is C10H25NO4. The van der Waals surface area contributed by atoms with Crippen molar-refractivity contribution in [3.8, 4) is 0 Å². The molecule has 1 amide bonds. The van der Waals surface area contributed by atoms with Crippen LogP contribution in [0.25, 0.3) is 0 Å². The summed E-state index contributed by atoms with van der Waals surface area (Å²) >= 11 is 0. The van der Waals surface area contributed by atoms with Gasteiger partial charge in [0.2, 0.25) is 6.41 Å². The number of hydrogen-bond acceptors (Lipinski definition) is 3. The molecule has 0 atom stereocenters. The van der Waals surface area contributed by atoms with Crippen molar-refractivity contribution in [1.82, 2.24) is 5.32 Å². The molecule has 0 aromatic rings. The van der Waals surface area contributed by atoms with Crippen molar-refractivity contribution in [2.24, 2.45) is 0 Å². The smallest absolute Gasteiger partial charge is 0.322 e. The molecule has 0 heterocycles. The number of aliphatic hydroxyl groups excluding tert-OH is 1. The number of aliphatic hydroxyl groups is 1. The molecule has 0 unspecified atom stereocenters. The van der Waals surface area contributed by atoms with E-state index in [2.05, 4.69) is 13.8 Å². The van der Waals surface area contributed by atoms with E-state index in [1.807, 2.05) is 19.2 Å². The zero-order chi connectivity index (χ0) is 13.1. The molecule has 0 aromatic carbocycles. The molecule has 0 aromatic heterocycles. The predicted molar refractivity (Wildman–Crippen MR) is 61.8 cm³/mol. The van der Waals surface area contributed by atoms with E-state index < -0.39 is 5.97 Å². The second kappa shape index (κ2) is 38.4. The van der Waals surface area contributed by atoms with Crippen LogP contribution in [0.3, 0.4) is 0 Å². The molecule has 0 radical (unpaired) electrons. The number of hydrogen-bond donors (Lipinski definition) is 3. The lowest BCUT2D eigenvalue weighted by molar-refractivity contribution is -0.136. The largest absolute Gasteiger partial charge is 0.480 e. The number of carboxylic acids is 1. The van der Waals surface area contributed by atoms with Gasteiger partial charge in [-0.05, 0) is 6.92 Å². The Morgan fingerprint density at radius 1 is 1.27 bits per heavy atom. The first-order valence-electron chi connectivity index (χ1n) is 5.10. The molecule has 0 rings (SSSR count). The molecule has 0 bridgehead atoms. The van der Waals surface area contributed by atoms with Gasteiger partial charge in [0.1, 0.15) is 6.54 Å². The molecular weight excluding hydrogens is 198 g/mol. The third-order valence-electron chi connectivity index (χ3n) is 0.337. The third kappa shape index (κ3) is 182. The van der Waals surface area contributed by atoms with Crippen LogP contribution in [0.2, 0.25) is 0 Å². The van der Waals surface area contributed by atoms with E-state index in [0.29, 0.717) is 6.41 Å². The molecule has 15 heavy (non-hydrogen) atoms. The first-order valence-corrected chi connectivity index (χ1v) is 5.10.